The van der Waals surface area contributed by atoms with Gasteiger partial charge in [0.25, 0.3) is 0 Å². The quantitative estimate of drug-likeness (QED) is 0.547. The van der Waals surface area contributed by atoms with Crippen molar-refractivity contribution in [2.24, 2.45) is 0 Å². The van der Waals surface area contributed by atoms with Crippen molar-refractivity contribution < 1.29 is 4.79 Å². The smallest absolute Gasteiger partial charge is 0.227 e. The van der Waals surface area contributed by atoms with E-state index in [-0.39, 0.29) is 5.91 Å². The molecule has 0 spiro atoms. The lowest BCUT2D eigenvalue weighted by Crippen LogP contribution is -2.31. The normalized spacial score (nSPS) is 12.7. The van der Waals surface area contributed by atoms with Crippen LogP contribution in [0.4, 0.5) is 5.69 Å². The van der Waals surface area contributed by atoms with Gasteiger partial charge in [0.05, 0.1) is 35.1 Å². The molecule has 1 amide bonds. The molecule has 2 heterocycles. The van der Waals surface area contributed by atoms with Crippen LogP contribution in [-0.2, 0) is 11.3 Å². The van der Waals surface area contributed by atoms with Crippen LogP contribution in [0.25, 0.3) is 22.5 Å². The molecule has 6 heteroatoms. The topological polar surface area (TPSA) is 51.0 Å². The first-order valence-corrected chi connectivity index (χ1v) is 8.77. The molecule has 2 aromatic carbocycles. The van der Waals surface area contributed by atoms with Crippen molar-refractivity contribution in [3.63, 3.8) is 0 Å². The van der Waals surface area contributed by atoms with Gasteiger partial charge in [0.2, 0.25) is 5.91 Å². The highest BCUT2D eigenvalue weighted by Crippen LogP contribution is 2.41. The largest absolute Gasteiger partial charge is 0.307 e. The molecule has 0 bridgehead atoms. The second-order valence-electron chi connectivity index (χ2n) is 5.65. The Hall–Kier alpha value is -2.22. The molecule has 1 aromatic heterocycles. The van der Waals surface area contributed by atoms with E-state index in [1.54, 1.807) is 2.90 Å². The number of rotatable bonds is 1. The lowest BCUT2D eigenvalue weighted by molar-refractivity contribution is -0.118. The van der Waals surface area contributed by atoms with Gasteiger partial charge in [-0.3, -0.25) is 4.79 Å². The van der Waals surface area contributed by atoms with Crippen LogP contribution < -0.4 is 4.90 Å². The number of fused-ring (bicyclic) bond motifs is 5. The molecule has 1 aliphatic rings. The van der Waals surface area contributed by atoms with E-state index in [0.717, 1.165) is 33.8 Å². The summed E-state index contributed by atoms with van der Waals surface area (Å²) in [4.78, 5) is 14.5. The minimum absolute atomic E-state index is 0.0996. The minimum atomic E-state index is 0.0996. The van der Waals surface area contributed by atoms with E-state index in [4.69, 9.17) is 0 Å². The average molecular weight is 430 g/mol. The number of carbonyl (C=O) groups excluding carboxylic acids is 1. The van der Waals surface area contributed by atoms with Crippen molar-refractivity contribution in [2.45, 2.75) is 19.9 Å². The van der Waals surface area contributed by atoms with Crippen molar-refractivity contribution in [3.05, 3.63) is 54.1 Å². The molecule has 0 saturated heterocycles. The van der Waals surface area contributed by atoms with Crippen LogP contribution in [0, 0.1) is 0 Å². The van der Waals surface area contributed by atoms with Gasteiger partial charge in [0.15, 0.2) is 0 Å². The summed E-state index contributed by atoms with van der Waals surface area (Å²) in [5.74, 6) is 0.0996. The summed E-state index contributed by atoms with van der Waals surface area (Å²) in [6, 6.07) is 16.0. The molecule has 0 atom stereocenters. The Morgan fingerprint density at radius 3 is 2.62 bits per heavy atom. The van der Waals surface area contributed by atoms with E-state index in [0.29, 0.717) is 13.0 Å². The fraction of sp³-hybridized carbons (Fsp3) is 0.167. The Morgan fingerprint density at radius 1 is 1.12 bits per heavy atom. The number of anilines is 1. The SMILES string of the molecule is CCC(=O)N1Cc2ccccc2-c2c(nnn2I)-c2ccccc21. The summed E-state index contributed by atoms with van der Waals surface area (Å²) in [6.45, 7) is 2.43. The van der Waals surface area contributed by atoms with Crippen molar-refractivity contribution >= 4 is 34.5 Å². The van der Waals surface area contributed by atoms with E-state index in [2.05, 4.69) is 45.3 Å². The molecule has 120 valence electrons. The van der Waals surface area contributed by atoms with Gasteiger partial charge in [-0.15, -0.1) is 5.10 Å². The summed E-state index contributed by atoms with van der Waals surface area (Å²) < 4.78 is 1.78. The van der Waals surface area contributed by atoms with Gasteiger partial charge < -0.3 is 4.90 Å². The fourth-order valence-corrected chi connectivity index (χ4v) is 3.72. The lowest BCUT2D eigenvalue weighted by atomic mass is 9.96. The number of benzene rings is 2. The highest BCUT2D eigenvalue weighted by molar-refractivity contribution is 14.1. The van der Waals surface area contributed by atoms with Gasteiger partial charge in [0.1, 0.15) is 11.4 Å². The summed E-state index contributed by atoms with van der Waals surface area (Å²) in [6.07, 6.45) is 0.461. The van der Waals surface area contributed by atoms with Crippen molar-refractivity contribution in [1.82, 2.24) is 13.2 Å². The van der Waals surface area contributed by atoms with Crippen LogP contribution in [-0.4, -0.2) is 19.1 Å². The third kappa shape index (κ3) is 2.32. The molecule has 0 radical (unpaired) electrons. The van der Waals surface area contributed by atoms with E-state index in [1.807, 2.05) is 48.2 Å². The van der Waals surface area contributed by atoms with Crippen LogP contribution in [0.15, 0.2) is 48.5 Å². The lowest BCUT2D eigenvalue weighted by Gasteiger charge is -2.28. The first-order valence-electron chi connectivity index (χ1n) is 7.80. The first kappa shape index (κ1) is 15.3. The maximum absolute atomic E-state index is 12.6. The number of hydrogen-bond acceptors (Lipinski definition) is 3. The van der Waals surface area contributed by atoms with Crippen LogP contribution in [0.2, 0.25) is 0 Å². The molecule has 0 fully saturated rings. The van der Waals surface area contributed by atoms with Gasteiger partial charge in [-0.1, -0.05) is 54.6 Å². The van der Waals surface area contributed by atoms with Crippen molar-refractivity contribution in [3.8, 4) is 22.5 Å². The second-order valence-corrected chi connectivity index (χ2v) is 6.57. The second kappa shape index (κ2) is 6.01. The van der Waals surface area contributed by atoms with Crippen molar-refractivity contribution in [1.29, 1.82) is 0 Å². The number of para-hydroxylation sites is 1. The number of carbonyl (C=O) groups is 1. The summed E-state index contributed by atoms with van der Waals surface area (Å²) in [5, 5.41) is 8.60. The van der Waals surface area contributed by atoms with Crippen LogP contribution in [0.3, 0.4) is 0 Å². The maximum Gasteiger partial charge on any atom is 0.227 e. The van der Waals surface area contributed by atoms with E-state index < -0.39 is 0 Å². The van der Waals surface area contributed by atoms with Gasteiger partial charge >= 0.3 is 0 Å². The summed E-state index contributed by atoms with van der Waals surface area (Å²) in [7, 11) is 0. The monoisotopic (exact) mass is 430 g/mol. The molecular weight excluding hydrogens is 415 g/mol. The molecule has 0 aliphatic carbocycles. The standard InChI is InChI=1S/C18H15IN4O/c1-2-16(24)22-11-12-7-3-4-8-13(12)18-17(20-21-23(18)19)14-9-5-6-10-15(14)22/h3-10H,2,11H2,1H3. The Bertz CT molecular complexity index is 934. The zero-order valence-corrected chi connectivity index (χ0v) is 15.3. The zero-order valence-electron chi connectivity index (χ0n) is 13.1. The summed E-state index contributed by atoms with van der Waals surface area (Å²) >= 11 is 2.15. The first-order chi connectivity index (χ1) is 11.7. The molecule has 1 aliphatic heterocycles. The van der Waals surface area contributed by atoms with E-state index >= 15 is 0 Å². The Morgan fingerprint density at radius 2 is 1.83 bits per heavy atom. The molecular formula is C18H15IN4O. The highest BCUT2D eigenvalue weighted by Gasteiger charge is 2.27. The molecule has 24 heavy (non-hydrogen) atoms. The van der Waals surface area contributed by atoms with Crippen LogP contribution >= 0.6 is 22.9 Å². The van der Waals surface area contributed by atoms with Gasteiger partial charge in [-0.2, -0.15) is 2.90 Å². The number of aromatic nitrogens is 3. The molecule has 4 rings (SSSR count). The molecule has 0 saturated carbocycles. The number of halogens is 1. The Kier molecular flexibility index (Phi) is 3.84. The predicted octanol–water partition coefficient (Wildman–Crippen LogP) is 4.07. The third-order valence-electron chi connectivity index (χ3n) is 4.29. The number of hydrogen-bond donors (Lipinski definition) is 0. The Balaban J connectivity index is 2.07. The summed E-state index contributed by atoms with van der Waals surface area (Å²) in [5.41, 5.74) is 5.76. The Labute approximate surface area is 153 Å². The zero-order chi connectivity index (χ0) is 16.7. The third-order valence-corrected chi connectivity index (χ3v) is 4.96. The maximum atomic E-state index is 12.6. The molecule has 0 unspecified atom stereocenters. The predicted molar refractivity (Wildman–Crippen MR) is 102 cm³/mol. The highest BCUT2D eigenvalue weighted by atomic mass is 127. The van der Waals surface area contributed by atoms with E-state index in [1.165, 1.54) is 0 Å². The van der Waals surface area contributed by atoms with Gasteiger partial charge in [0, 0.05) is 17.5 Å². The van der Waals surface area contributed by atoms with E-state index in [9.17, 15) is 4.79 Å². The van der Waals surface area contributed by atoms with Crippen LogP contribution in [0.5, 0.6) is 0 Å². The van der Waals surface area contributed by atoms with Gasteiger partial charge in [-0.25, -0.2) is 0 Å². The number of nitrogens with zero attached hydrogens (tertiary/aromatic N) is 4. The average Bonchev–Trinajstić information content (AvgIpc) is 2.99. The number of amides is 1. The fourth-order valence-electron chi connectivity index (χ4n) is 3.14. The molecule has 5 nitrogen and oxygen atoms in total. The molecule has 3 aromatic rings. The van der Waals surface area contributed by atoms with Gasteiger partial charge in [-0.05, 0) is 11.6 Å². The minimum Gasteiger partial charge on any atom is -0.307 e. The van der Waals surface area contributed by atoms with Crippen LogP contribution in [0.1, 0.15) is 18.9 Å². The molecule has 0 N–H and O–H groups in total. The van der Waals surface area contributed by atoms with Crippen molar-refractivity contribution in [2.75, 3.05) is 4.90 Å².